The SMILES string of the molecule is Cn1c(=O)[nH]c(=O)c2c1nc(CSCC(=O)O)n2CC(=O)c1ccccc1. The van der Waals surface area contributed by atoms with Crippen LogP contribution in [0.25, 0.3) is 11.2 Å². The second kappa shape index (κ2) is 7.62. The molecule has 9 nitrogen and oxygen atoms in total. The summed E-state index contributed by atoms with van der Waals surface area (Å²) in [7, 11) is 1.46. The first kappa shape index (κ1) is 18.6. The van der Waals surface area contributed by atoms with E-state index in [-0.39, 0.29) is 35.0 Å². The predicted octanol–water partition coefficient (Wildman–Crippen LogP) is 0.624. The number of hydrogen-bond donors (Lipinski definition) is 2. The summed E-state index contributed by atoms with van der Waals surface area (Å²) in [5.41, 5.74) is -0.528. The number of aliphatic carboxylic acids is 1. The number of rotatable bonds is 7. The maximum absolute atomic E-state index is 12.6. The minimum atomic E-state index is -0.978. The Kier molecular flexibility index (Phi) is 5.26. The van der Waals surface area contributed by atoms with Gasteiger partial charge in [0, 0.05) is 12.6 Å². The number of carbonyl (C=O) groups excluding carboxylic acids is 1. The molecule has 0 fully saturated rings. The van der Waals surface area contributed by atoms with Crippen LogP contribution in [0.1, 0.15) is 16.2 Å². The Bertz CT molecular complexity index is 1130. The number of imidazole rings is 1. The smallest absolute Gasteiger partial charge is 0.329 e. The molecule has 0 saturated carbocycles. The minimum absolute atomic E-state index is 0.104. The summed E-state index contributed by atoms with van der Waals surface area (Å²) in [5, 5.41) is 8.82. The summed E-state index contributed by atoms with van der Waals surface area (Å²) in [5.74, 6) is -0.824. The fourth-order valence-electron chi connectivity index (χ4n) is 2.65. The molecule has 3 rings (SSSR count). The fraction of sp³-hybridized carbons (Fsp3) is 0.235. The number of thioether (sulfide) groups is 1. The van der Waals surface area contributed by atoms with Crippen molar-refractivity contribution in [3.63, 3.8) is 0 Å². The zero-order valence-electron chi connectivity index (χ0n) is 14.3. The van der Waals surface area contributed by atoms with Crippen molar-refractivity contribution in [1.29, 1.82) is 0 Å². The highest BCUT2D eigenvalue weighted by Crippen LogP contribution is 2.17. The van der Waals surface area contributed by atoms with Gasteiger partial charge in [-0.2, -0.15) is 0 Å². The third kappa shape index (κ3) is 3.85. The number of nitrogens with zero attached hydrogens (tertiary/aromatic N) is 3. The molecule has 0 radical (unpaired) electrons. The van der Waals surface area contributed by atoms with E-state index in [0.717, 1.165) is 11.8 Å². The number of aryl methyl sites for hydroxylation is 1. The monoisotopic (exact) mass is 388 g/mol. The summed E-state index contributed by atoms with van der Waals surface area (Å²) < 4.78 is 2.63. The molecular weight excluding hydrogens is 372 g/mol. The third-order valence-corrected chi connectivity index (χ3v) is 4.85. The molecule has 2 aromatic heterocycles. The van der Waals surface area contributed by atoms with Gasteiger partial charge >= 0.3 is 11.7 Å². The molecule has 0 atom stereocenters. The van der Waals surface area contributed by atoms with Crippen molar-refractivity contribution in [2.75, 3.05) is 5.75 Å². The molecule has 0 bridgehead atoms. The number of aromatic nitrogens is 4. The fourth-order valence-corrected chi connectivity index (χ4v) is 3.33. The van der Waals surface area contributed by atoms with E-state index in [0.29, 0.717) is 11.4 Å². The van der Waals surface area contributed by atoms with Crippen LogP contribution in [0.2, 0.25) is 0 Å². The first-order valence-corrected chi connectivity index (χ1v) is 9.10. The van der Waals surface area contributed by atoms with Gasteiger partial charge in [0.1, 0.15) is 5.82 Å². The zero-order valence-corrected chi connectivity index (χ0v) is 15.2. The van der Waals surface area contributed by atoms with E-state index in [2.05, 4.69) is 9.97 Å². The lowest BCUT2D eigenvalue weighted by Crippen LogP contribution is -2.29. The Labute approximate surface area is 156 Å². The van der Waals surface area contributed by atoms with E-state index < -0.39 is 17.2 Å². The highest BCUT2D eigenvalue weighted by molar-refractivity contribution is 7.99. The summed E-state index contributed by atoms with van der Waals surface area (Å²) in [4.78, 5) is 54.1. The van der Waals surface area contributed by atoms with Gasteiger partial charge in [0.05, 0.1) is 18.1 Å². The topological polar surface area (TPSA) is 127 Å². The molecule has 3 aromatic rings. The lowest BCUT2D eigenvalue weighted by Gasteiger charge is -2.08. The average Bonchev–Trinajstić information content (AvgIpc) is 2.99. The van der Waals surface area contributed by atoms with Crippen LogP contribution in [0, 0.1) is 0 Å². The summed E-state index contributed by atoms with van der Waals surface area (Å²) in [6.07, 6.45) is 0. The van der Waals surface area contributed by atoms with Gasteiger partial charge in [-0.05, 0) is 0 Å². The highest BCUT2D eigenvalue weighted by Gasteiger charge is 2.20. The van der Waals surface area contributed by atoms with E-state index in [4.69, 9.17) is 5.11 Å². The van der Waals surface area contributed by atoms with Crippen LogP contribution in [0.15, 0.2) is 39.9 Å². The number of carboxylic acids is 1. The van der Waals surface area contributed by atoms with E-state index in [1.807, 2.05) is 0 Å². The molecule has 0 aliphatic rings. The van der Waals surface area contributed by atoms with Crippen LogP contribution in [0.4, 0.5) is 0 Å². The van der Waals surface area contributed by atoms with Crippen molar-refractivity contribution in [2.24, 2.45) is 7.05 Å². The molecule has 0 aliphatic heterocycles. The van der Waals surface area contributed by atoms with Crippen LogP contribution in [-0.4, -0.2) is 41.7 Å². The van der Waals surface area contributed by atoms with E-state index in [1.165, 1.54) is 16.2 Å². The zero-order chi connectivity index (χ0) is 19.6. The van der Waals surface area contributed by atoms with Crippen molar-refractivity contribution >= 4 is 34.7 Å². The number of fused-ring (bicyclic) bond motifs is 1. The van der Waals surface area contributed by atoms with Gasteiger partial charge in [0.2, 0.25) is 0 Å². The van der Waals surface area contributed by atoms with E-state index in [9.17, 15) is 19.2 Å². The van der Waals surface area contributed by atoms with Gasteiger partial charge in [0.25, 0.3) is 5.56 Å². The van der Waals surface area contributed by atoms with Crippen molar-refractivity contribution in [3.05, 3.63) is 62.6 Å². The second-order valence-corrected chi connectivity index (χ2v) is 6.77. The molecule has 0 saturated heterocycles. The number of benzene rings is 1. The number of carboxylic acid groups (broad SMARTS) is 1. The summed E-state index contributed by atoms with van der Waals surface area (Å²) >= 11 is 1.09. The van der Waals surface area contributed by atoms with Crippen LogP contribution < -0.4 is 11.2 Å². The van der Waals surface area contributed by atoms with Crippen LogP contribution in [0.5, 0.6) is 0 Å². The van der Waals surface area contributed by atoms with E-state index >= 15 is 0 Å². The number of ketones is 1. The normalized spacial score (nSPS) is 11.0. The minimum Gasteiger partial charge on any atom is -0.481 e. The van der Waals surface area contributed by atoms with Crippen molar-refractivity contribution in [1.82, 2.24) is 19.1 Å². The first-order valence-electron chi connectivity index (χ1n) is 7.94. The van der Waals surface area contributed by atoms with Gasteiger partial charge in [-0.3, -0.25) is 23.9 Å². The summed E-state index contributed by atoms with van der Waals surface area (Å²) in [6, 6.07) is 8.59. The molecule has 27 heavy (non-hydrogen) atoms. The maximum atomic E-state index is 12.6. The molecule has 0 unspecified atom stereocenters. The van der Waals surface area contributed by atoms with Crippen molar-refractivity contribution < 1.29 is 14.7 Å². The van der Waals surface area contributed by atoms with Gasteiger partial charge in [-0.15, -0.1) is 11.8 Å². The molecule has 2 N–H and O–H groups in total. The lowest BCUT2D eigenvalue weighted by atomic mass is 10.1. The number of H-pyrrole nitrogens is 1. The standard InChI is InChI=1S/C17H16N4O5S/c1-20-15-14(16(25)19-17(20)26)21(12(18-15)8-27-9-13(23)24)7-11(22)10-5-3-2-4-6-10/h2-6H,7-9H2,1H3,(H,23,24)(H,19,25,26). The molecular formula is C17H16N4O5S. The Hall–Kier alpha value is -3.14. The van der Waals surface area contributed by atoms with Gasteiger partial charge in [-0.25, -0.2) is 9.78 Å². The summed E-state index contributed by atoms with van der Waals surface area (Å²) in [6.45, 7) is -0.148. The molecule has 1 aromatic carbocycles. The lowest BCUT2D eigenvalue weighted by molar-refractivity contribution is -0.133. The predicted molar refractivity (Wildman–Crippen MR) is 100 cm³/mol. The Balaban J connectivity index is 2.08. The molecule has 10 heteroatoms. The van der Waals surface area contributed by atoms with Crippen molar-refractivity contribution in [2.45, 2.75) is 12.3 Å². The highest BCUT2D eigenvalue weighted by atomic mass is 32.2. The second-order valence-electron chi connectivity index (χ2n) is 5.78. The number of carbonyl (C=O) groups is 2. The van der Waals surface area contributed by atoms with Gasteiger partial charge in [-0.1, -0.05) is 30.3 Å². The third-order valence-electron chi connectivity index (χ3n) is 3.94. The quantitative estimate of drug-likeness (QED) is 0.568. The van der Waals surface area contributed by atoms with Gasteiger partial charge in [0.15, 0.2) is 16.9 Å². The first-order chi connectivity index (χ1) is 12.9. The van der Waals surface area contributed by atoms with Crippen LogP contribution in [0.3, 0.4) is 0 Å². The average molecular weight is 388 g/mol. The molecule has 0 amide bonds. The van der Waals surface area contributed by atoms with Crippen LogP contribution >= 0.6 is 11.8 Å². The number of aromatic amines is 1. The Morgan fingerprint density at radius 1 is 1.22 bits per heavy atom. The molecule has 0 aliphatic carbocycles. The van der Waals surface area contributed by atoms with Crippen molar-refractivity contribution in [3.8, 4) is 0 Å². The molecule has 2 heterocycles. The number of Topliss-reactive ketones (excluding diaryl/α,β-unsaturated/α-hetero) is 1. The maximum Gasteiger partial charge on any atom is 0.329 e. The van der Waals surface area contributed by atoms with E-state index in [1.54, 1.807) is 30.3 Å². The molecule has 140 valence electrons. The number of nitrogens with one attached hydrogen (secondary N) is 1. The largest absolute Gasteiger partial charge is 0.481 e. The van der Waals surface area contributed by atoms with Crippen LogP contribution in [-0.2, 0) is 24.1 Å². The Morgan fingerprint density at radius 2 is 1.93 bits per heavy atom. The Morgan fingerprint density at radius 3 is 2.59 bits per heavy atom. The number of hydrogen-bond acceptors (Lipinski definition) is 6. The van der Waals surface area contributed by atoms with Gasteiger partial charge < -0.3 is 9.67 Å². The molecule has 0 spiro atoms.